The smallest absolute Gasteiger partial charge is 0.135 e. The molecule has 0 bridgehead atoms. The number of aryl methyl sites for hydroxylation is 1. The molecule has 5 rings (SSSR count). The maximum absolute atomic E-state index is 5.45. The largest absolute Gasteiger partial charge is 0.357 e. The van der Waals surface area contributed by atoms with E-state index in [1.54, 1.807) is 6.20 Å². The van der Waals surface area contributed by atoms with E-state index in [2.05, 4.69) is 63.4 Å². The summed E-state index contributed by atoms with van der Waals surface area (Å²) in [6.07, 6.45) is 13.4. The summed E-state index contributed by atoms with van der Waals surface area (Å²) in [6.45, 7) is 8.21. The molecule has 0 aromatic carbocycles. The van der Waals surface area contributed by atoms with Crippen molar-refractivity contribution in [1.82, 2.24) is 30.1 Å². The molecule has 7 nitrogen and oxygen atoms in total. The van der Waals surface area contributed by atoms with E-state index < -0.39 is 0 Å². The second kappa shape index (κ2) is 10.9. The minimum Gasteiger partial charge on any atom is -0.357 e. The van der Waals surface area contributed by atoms with Crippen LogP contribution in [0, 0.1) is 12.8 Å². The Bertz CT molecular complexity index is 1660. The van der Waals surface area contributed by atoms with Crippen LogP contribution in [0.2, 0.25) is 0 Å². The van der Waals surface area contributed by atoms with Crippen molar-refractivity contribution in [1.29, 1.82) is 0 Å². The van der Waals surface area contributed by atoms with Gasteiger partial charge in [-0.3, -0.25) is 15.1 Å². The zero-order chi connectivity index (χ0) is 26.6. The Labute approximate surface area is 227 Å². The normalized spacial score (nSPS) is 12.1. The summed E-state index contributed by atoms with van der Waals surface area (Å²) < 4.78 is 0. The standard InChI is InChI=1S/C30H29N7S/c1-5-6-7-23(20-10-12-31-13-11-20)24-15-27(33-19(24)4)29-28-26(36-37-29)9-8-25(35-28)21-14-22(17-32-16-21)34-30(38)18(2)3/h5-18,33H,1-4H3,(H,34,38)(H,36,37)/b6-5-,23-7-. The number of thiocarbonyl (C=S) groups is 1. The van der Waals surface area contributed by atoms with Gasteiger partial charge < -0.3 is 10.3 Å². The van der Waals surface area contributed by atoms with Gasteiger partial charge in [-0.15, -0.1) is 0 Å². The molecule has 0 unspecified atom stereocenters. The fourth-order valence-corrected chi connectivity index (χ4v) is 4.33. The van der Waals surface area contributed by atoms with Crippen LogP contribution in [0.4, 0.5) is 5.69 Å². The van der Waals surface area contributed by atoms with Crippen LogP contribution in [-0.2, 0) is 0 Å². The molecule has 0 aliphatic heterocycles. The molecule has 0 fully saturated rings. The first kappa shape index (κ1) is 25.2. The molecule has 190 valence electrons. The first-order chi connectivity index (χ1) is 18.4. The second-order valence-corrected chi connectivity index (χ2v) is 9.77. The van der Waals surface area contributed by atoms with Crippen molar-refractivity contribution in [3.63, 3.8) is 0 Å². The van der Waals surface area contributed by atoms with Gasteiger partial charge in [-0.1, -0.05) is 44.3 Å². The van der Waals surface area contributed by atoms with Gasteiger partial charge in [0.15, 0.2) is 0 Å². The highest BCUT2D eigenvalue weighted by Gasteiger charge is 2.17. The number of fused-ring (bicyclic) bond motifs is 1. The molecular formula is C30H29N7S. The number of nitrogens with one attached hydrogen (secondary N) is 3. The zero-order valence-corrected chi connectivity index (χ0v) is 22.6. The highest BCUT2D eigenvalue weighted by atomic mass is 32.1. The quantitative estimate of drug-likeness (QED) is 0.156. The molecule has 5 aromatic heterocycles. The van der Waals surface area contributed by atoms with Gasteiger partial charge >= 0.3 is 0 Å². The van der Waals surface area contributed by atoms with Gasteiger partial charge in [0.1, 0.15) is 11.2 Å². The number of allylic oxidation sites excluding steroid dienone is 3. The van der Waals surface area contributed by atoms with Crippen LogP contribution < -0.4 is 5.32 Å². The number of aromatic amines is 2. The maximum atomic E-state index is 5.45. The molecule has 0 saturated carbocycles. The second-order valence-electron chi connectivity index (χ2n) is 9.33. The minimum absolute atomic E-state index is 0.248. The Morgan fingerprint density at radius 2 is 1.87 bits per heavy atom. The molecule has 0 radical (unpaired) electrons. The van der Waals surface area contributed by atoms with Crippen molar-refractivity contribution in [2.24, 2.45) is 5.92 Å². The van der Waals surface area contributed by atoms with Crippen LogP contribution in [0.15, 0.2) is 79.4 Å². The third kappa shape index (κ3) is 5.17. The van der Waals surface area contributed by atoms with Crippen molar-refractivity contribution in [3.8, 4) is 22.6 Å². The van der Waals surface area contributed by atoms with E-state index in [0.717, 1.165) is 66.7 Å². The minimum atomic E-state index is 0.248. The molecular weight excluding hydrogens is 490 g/mol. The van der Waals surface area contributed by atoms with E-state index in [4.69, 9.17) is 17.2 Å². The summed E-state index contributed by atoms with van der Waals surface area (Å²) in [5, 5.41) is 11.0. The maximum Gasteiger partial charge on any atom is 0.135 e. The van der Waals surface area contributed by atoms with Gasteiger partial charge in [0, 0.05) is 41.3 Å². The van der Waals surface area contributed by atoms with Gasteiger partial charge in [0.2, 0.25) is 0 Å². The molecule has 0 spiro atoms. The number of nitrogens with zero attached hydrogens (tertiary/aromatic N) is 4. The fourth-order valence-electron chi connectivity index (χ4n) is 4.21. The Balaban J connectivity index is 1.54. The highest BCUT2D eigenvalue weighted by Crippen LogP contribution is 2.33. The number of rotatable bonds is 7. The lowest BCUT2D eigenvalue weighted by Gasteiger charge is -2.11. The zero-order valence-electron chi connectivity index (χ0n) is 21.8. The molecule has 0 amide bonds. The molecule has 5 heterocycles. The molecule has 0 aliphatic rings. The third-order valence-electron chi connectivity index (χ3n) is 6.24. The first-order valence-electron chi connectivity index (χ1n) is 12.5. The lowest BCUT2D eigenvalue weighted by molar-refractivity contribution is 0.898. The summed E-state index contributed by atoms with van der Waals surface area (Å²) >= 11 is 5.45. The molecule has 0 atom stereocenters. The van der Waals surface area contributed by atoms with Crippen molar-refractivity contribution in [2.75, 3.05) is 5.32 Å². The van der Waals surface area contributed by atoms with Crippen molar-refractivity contribution in [3.05, 3.63) is 96.2 Å². The van der Waals surface area contributed by atoms with Crippen LogP contribution in [-0.4, -0.2) is 35.1 Å². The van der Waals surface area contributed by atoms with Crippen LogP contribution in [0.25, 0.3) is 39.3 Å². The van der Waals surface area contributed by atoms with Crippen molar-refractivity contribution in [2.45, 2.75) is 27.7 Å². The average molecular weight is 520 g/mol. The molecule has 3 N–H and O–H groups in total. The van der Waals surface area contributed by atoms with E-state index in [0.29, 0.717) is 0 Å². The Kier molecular flexibility index (Phi) is 7.24. The average Bonchev–Trinajstić information content (AvgIpc) is 3.52. The molecule has 5 aromatic rings. The van der Waals surface area contributed by atoms with Crippen LogP contribution in [0.3, 0.4) is 0 Å². The topological polar surface area (TPSA) is 95.2 Å². The Morgan fingerprint density at radius 1 is 1.05 bits per heavy atom. The number of hydrogen-bond donors (Lipinski definition) is 3. The van der Waals surface area contributed by atoms with E-state index in [9.17, 15) is 0 Å². The van der Waals surface area contributed by atoms with E-state index in [1.165, 1.54) is 0 Å². The number of aromatic nitrogens is 6. The molecule has 0 saturated heterocycles. The fraction of sp³-hybridized carbons (Fsp3) is 0.167. The number of H-pyrrole nitrogens is 2. The summed E-state index contributed by atoms with van der Waals surface area (Å²) in [5.74, 6) is 0.248. The summed E-state index contributed by atoms with van der Waals surface area (Å²) in [6, 6.07) is 12.2. The van der Waals surface area contributed by atoms with Gasteiger partial charge in [-0.2, -0.15) is 5.10 Å². The molecule has 0 aliphatic carbocycles. The van der Waals surface area contributed by atoms with E-state index in [-0.39, 0.29) is 5.92 Å². The monoisotopic (exact) mass is 519 g/mol. The van der Waals surface area contributed by atoms with Gasteiger partial charge in [-0.25, -0.2) is 4.98 Å². The molecule has 8 heteroatoms. The van der Waals surface area contributed by atoms with Crippen molar-refractivity contribution < 1.29 is 0 Å². The number of anilines is 1. The summed E-state index contributed by atoms with van der Waals surface area (Å²) in [7, 11) is 0. The Hall–Kier alpha value is -4.43. The predicted octanol–water partition coefficient (Wildman–Crippen LogP) is 7.12. The Morgan fingerprint density at radius 3 is 2.63 bits per heavy atom. The summed E-state index contributed by atoms with van der Waals surface area (Å²) in [5.41, 5.74) is 10.2. The van der Waals surface area contributed by atoms with Gasteiger partial charge in [0.25, 0.3) is 0 Å². The third-order valence-corrected chi connectivity index (χ3v) is 6.81. The number of pyridine rings is 3. The van der Waals surface area contributed by atoms with E-state index in [1.807, 2.05) is 68.0 Å². The van der Waals surface area contributed by atoms with Crippen LogP contribution in [0.1, 0.15) is 37.6 Å². The summed E-state index contributed by atoms with van der Waals surface area (Å²) in [4.78, 5) is 17.9. The lowest BCUT2D eigenvalue weighted by Crippen LogP contribution is -2.15. The number of hydrogen-bond acceptors (Lipinski definition) is 5. The van der Waals surface area contributed by atoms with Gasteiger partial charge in [-0.05, 0) is 61.4 Å². The molecule has 38 heavy (non-hydrogen) atoms. The van der Waals surface area contributed by atoms with Crippen LogP contribution >= 0.6 is 12.2 Å². The highest BCUT2D eigenvalue weighted by molar-refractivity contribution is 7.80. The van der Waals surface area contributed by atoms with Crippen molar-refractivity contribution >= 4 is 39.5 Å². The van der Waals surface area contributed by atoms with Gasteiger partial charge in [0.05, 0.1) is 33.8 Å². The first-order valence-corrected chi connectivity index (χ1v) is 12.9. The lowest BCUT2D eigenvalue weighted by atomic mass is 9.98. The van der Waals surface area contributed by atoms with E-state index >= 15 is 0 Å². The van der Waals surface area contributed by atoms with Crippen LogP contribution in [0.5, 0.6) is 0 Å². The predicted molar refractivity (Wildman–Crippen MR) is 159 cm³/mol. The SMILES string of the molecule is C/C=C\C=C(\c1ccncc1)c1cc(-c2n[nH]c3ccc(-c4cncc(NC(=S)C(C)C)c4)nc23)[nH]c1C.